The van der Waals surface area contributed by atoms with E-state index in [0.717, 1.165) is 18.4 Å². The molecular weight excluding hydrogens is 180 g/mol. The number of Topliss-reactive ketones (excluding diaryl/α,β-unsaturated/α-hetero) is 1. The largest absolute Gasteiger partial charge is 0.468 e. The van der Waals surface area contributed by atoms with E-state index in [0.29, 0.717) is 18.8 Å². The third-order valence-corrected chi connectivity index (χ3v) is 3.52. The Labute approximate surface area is 83.1 Å². The van der Waals surface area contributed by atoms with E-state index in [1.165, 1.54) is 7.11 Å². The van der Waals surface area contributed by atoms with Crippen molar-refractivity contribution in [3.05, 3.63) is 12.2 Å². The summed E-state index contributed by atoms with van der Waals surface area (Å²) in [5, 5.41) is 0. The van der Waals surface area contributed by atoms with Gasteiger partial charge in [-0.2, -0.15) is 0 Å². The van der Waals surface area contributed by atoms with Crippen LogP contribution in [0.4, 0.5) is 0 Å². The fraction of sp³-hybridized carbons (Fsp3) is 0.636. The van der Waals surface area contributed by atoms with Gasteiger partial charge < -0.3 is 4.74 Å². The summed E-state index contributed by atoms with van der Waals surface area (Å²) in [7, 11) is 1.33. The Bertz CT molecular complexity index is 295. The summed E-state index contributed by atoms with van der Waals surface area (Å²) < 4.78 is 4.73. The van der Waals surface area contributed by atoms with Crippen LogP contribution in [0.1, 0.15) is 25.7 Å². The van der Waals surface area contributed by atoms with Crippen LogP contribution in [0.25, 0.3) is 0 Å². The highest BCUT2D eigenvalue weighted by molar-refractivity contribution is 6.08. The van der Waals surface area contributed by atoms with Gasteiger partial charge in [0.25, 0.3) is 0 Å². The maximum Gasteiger partial charge on any atom is 0.323 e. The van der Waals surface area contributed by atoms with E-state index >= 15 is 0 Å². The van der Waals surface area contributed by atoms with Crippen LogP contribution in [-0.4, -0.2) is 18.9 Å². The standard InChI is InChI=1S/C11H14O3/c1-7-5-8-3-4-9(12)11(7,6-8)10(13)14-2/h8H,1,3-6H2,2H3/t8-,11+/m0/s1. The minimum absolute atomic E-state index is 0.00287. The summed E-state index contributed by atoms with van der Waals surface area (Å²) in [5.74, 6) is 0.0529. The van der Waals surface area contributed by atoms with Gasteiger partial charge in [0.2, 0.25) is 0 Å². The highest BCUT2D eigenvalue weighted by atomic mass is 16.5. The number of carbonyl (C=O) groups is 2. The molecule has 2 atom stereocenters. The van der Waals surface area contributed by atoms with E-state index < -0.39 is 11.4 Å². The van der Waals surface area contributed by atoms with Crippen molar-refractivity contribution in [2.45, 2.75) is 25.7 Å². The van der Waals surface area contributed by atoms with Crippen LogP contribution in [-0.2, 0) is 14.3 Å². The number of ether oxygens (including phenoxy) is 1. The highest BCUT2D eigenvalue weighted by Crippen LogP contribution is 2.52. The Hall–Kier alpha value is -1.12. The molecule has 76 valence electrons. The predicted octanol–water partition coefficient (Wildman–Crippen LogP) is 1.47. The second kappa shape index (κ2) is 2.94. The first-order valence-electron chi connectivity index (χ1n) is 4.91. The van der Waals surface area contributed by atoms with Gasteiger partial charge in [0, 0.05) is 6.42 Å². The number of hydrogen-bond donors (Lipinski definition) is 0. The third kappa shape index (κ3) is 0.982. The SMILES string of the molecule is C=C1C[C@@H]2CCC(=O)[C@@]1(C(=O)OC)C2. The van der Waals surface area contributed by atoms with Crippen molar-refractivity contribution in [2.75, 3.05) is 7.11 Å². The summed E-state index contributed by atoms with van der Waals surface area (Å²) >= 11 is 0. The minimum atomic E-state index is -0.975. The molecule has 2 aliphatic rings. The van der Waals surface area contributed by atoms with Gasteiger partial charge in [-0.05, 0) is 25.2 Å². The number of hydrogen-bond acceptors (Lipinski definition) is 3. The predicted molar refractivity (Wildman–Crippen MR) is 50.6 cm³/mol. The molecule has 0 saturated heterocycles. The lowest BCUT2D eigenvalue weighted by atomic mass is 9.73. The van der Waals surface area contributed by atoms with Crippen molar-refractivity contribution >= 4 is 11.8 Å². The molecule has 0 aliphatic heterocycles. The molecule has 2 saturated carbocycles. The van der Waals surface area contributed by atoms with Crippen LogP contribution >= 0.6 is 0 Å². The van der Waals surface area contributed by atoms with Crippen molar-refractivity contribution in [2.24, 2.45) is 11.3 Å². The fourth-order valence-corrected chi connectivity index (χ4v) is 2.75. The smallest absolute Gasteiger partial charge is 0.323 e. The summed E-state index contributed by atoms with van der Waals surface area (Å²) in [6.45, 7) is 3.87. The van der Waals surface area contributed by atoms with Crippen molar-refractivity contribution < 1.29 is 14.3 Å². The number of carbonyl (C=O) groups excluding carboxylic acids is 2. The molecule has 0 aromatic rings. The van der Waals surface area contributed by atoms with Crippen LogP contribution in [0.3, 0.4) is 0 Å². The zero-order chi connectivity index (χ0) is 10.3. The number of methoxy groups -OCH3 is 1. The van der Waals surface area contributed by atoms with Crippen molar-refractivity contribution in [3.8, 4) is 0 Å². The third-order valence-electron chi connectivity index (χ3n) is 3.52. The molecule has 3 heteroatoms. The quantitative estimate of drug-likeness (QED) is 0.360. The molecule has 2 fully saturated rings. The lowest BCUT2D eigenvalue weighted by Crippen LogP contribution is -2.41. The topological polar surface area (TPSA) is 43.4 Å². The zero-order valence-electron chi connectivity index (χ0n) is 8.34. The molecule has 2 rings (SSSR count). The molecular formula is C11H14O3. The van der Waals surface area contributed by atoms with E-state index in [2.05, 4.69) is 6.58 Å². The lowest BCUT2D eigenvalue weighted by molar-refractivity contribution is -0.156. The number of ketones is 1. The van der Waals surface area contributed by atoms with Gasteiger partial charge >= 0.3 is 5.97 Å². The van der Waals surface area contributed by atoms with E-state index in [4.69, 9.17) is 4.74 Å². The van der Waals surface area contributed by atoms with Crippen molar-refractivity contribution in [1.29, 1.82) is 0 Å². The Morgan fingerprint density at radius 2 is 2.36 bits per heavy atom. The first-order chi connectivity index (χ1) is 6.61. The first-order valence-corrected chi connectivity index (χ1v) is 4.91. The number of esters is 1. The van der Waals surface area contributed by atoms with Crippen molar-refractivity contribution in [1.82, 2.24) is 0 Å². The van der Waals surface area contributed by atoms with E-state index in [9.17, 15) is 9.59 Å². The average molecular weight is 194 g/mol. The normalized spacial score (nSPS) is 35.9. The van der Waals surface area contributed by atoms with Crippen LogP contribution < -0.4 is 0 Å². The Kier molecular flexibility index (Phi) is 1.98. The van der Waals surface area contributed by atoms with E-state index in [-0.39, 0.29) is 5.78 Å². The molecule has 0 amide bonds. The molecule has 0 spiro atoms. The molecule has 0 unspecified atom stereocenters. The molecule has 0 N–H and O–H groups in total. The molecule has 0 aromatic carbocycles. The molecule has 14 heavy (non-hydrogen) atoms. The van der Waals surface area contributed by atoms with Gasteiger partial charge in [0.15, 0.2) is 5.78 Å². The molecule has 2 bridgehead atoms. The van der Waals surface area contributed by atoms with Crippen LogP contribution in [0.2, 0.25) is 0 Å². The van der Waals surface area contributed by atoms with Crippen LogP contribution in [0.15, 0.2) is 12.2 Å². The van der Waals surface area contributed by atoms with E-state index in [1.54, 1.807) is 0 Å². The van der Waals surface area contributed by atoms with Gasteiger partial charge in [-0.25, -0.2) is 0 Å². The maximum absolute atomic E-state index is 11.8. The van der Waals surface area contributed by atoms with Gasteiger partial charge in [-0.1, -0.05) is 12.2 Å². The number of rotatable bonds is 1. The fourth-order valence-electron chi connectivity index (χ4n) is 2.75. The van der Waals surface area contributed by atoms with Crippen LogP contribution in [0, 0.1) is 11.3 Å². The molecule has 0 heterocycles. The van der Waals surface area contributed by atoms with Gasteiger partial charge in [-0.15, -0.1) is 0 Å². The molecule has 3 nitrogen and oxygen atoms in total. The van der Waals surface area contributed by atoms with Gasteiger partial charge in [-0.3, -0.25) is 9.59 Å². The van der Waals surface area contributed by atoms with E-state index in [1.807, 2.05) is 0 Å². The average Bonchev–Trinajstić information content (AvgIpc) is 2.46. The monoisotopic (exact) mass is 194 g/mol. The maximum atomic E-state index is 11.8. The van der Waals surface area contributed by atoms with Crippen LogP contribution in [0.5, 0.6) is 0 Å². The number of fused-ring (bicyclic) bond motifs is 2. The first kappa shape index (κ1) is 9.44. The molecule has 0 radical (unpaired) electrons. The minimum Gasteiger partial charge on any atom is -0.468 e. The molecule has 0 aromatic heterocycles. The van der Waals surface area contributed by atoms with Gasteiger partial charge in [0.1, 0.15) is 5.41 Å². The molecule has 2 aliphatic carbocycles. The summed E-state index contributed by atoms with van der Waals surface area (Å²) in [4.78, 5) is 23.5. The highest BCUT2D eigenvalue weighted by Gasteiger charge is 2.56. The van der Waals surface area contributed by atoms with Crippen molar-refractivity contribution in [3.63, 3.8) is 0 Å². The lowest BCUT2D eigenvalue weighted by Gasteiger charge is -2.29. The second-order valence-electron chi connectivity index (χ2n) is 4.24. The summed E-state index contributed by atoms with van der Waals surface area (Å²) in [6, 6.07) is 0. The van der Waals surface area contributed by atoms with Gasteiger partial charge in [0.05, 0.1) is 7.11 Å². The summed E-state index contributed by atoms with van der Waals surface area (Å²) in [5.41, 5.74) is -0.214. The second-order valence-corrected chi connectivity index (χ2v) is 4.24. The zero-order valence-corrected chi connectivity index (χ0v) is 8.34. The Morgan fingerprint density at radius 1 is 1.64 bits per heavy atom. The summed E-state index contributed by atoms with van der Waals surface area (Å²) in [6.07, 6.45) is 2.83. The Balaban J connectivity index is 2.42. The Morgan fingerprint density at radius 3 is 3.00 bits per heavy atom.